The van der Waals surface area contributed by atoms with Gasteiger partial charge in [-0.15, -0.1) is 0 Å². The summed E-state index contributed by atoms with van der Waals surface area (Å²) < 4.78 is 41.7. The average molecular weight is 565 g/mol. The SMILES string of the molecule is CCC[Si]1(C(C)OCC(C)C)O[Si](CCC)(C(C)OCC(C)C)O[Si](CCC)(C(C)OCC(C)C)O1. The number of hydrogen-bond donors (Lipinski definition) is 0. The van der Waals surface area contributed by atoms with Crippen molar-refractivity contribution < 1.29 is 26.6 Å². The molecule has 1 fully saturated rings. The first-order chi connectivity index (χ1) is 16.8. The predicted molar refractivity (Wildman–Crippen MR) is 157 cm³/mol. The third kappa shape index (κ3) is 9.55. The van der Waals surface area contributed by atoms with Crippen molar-refractivity contribution >= 4 is 25.7 Å². The molecule has 3 unspecified atom stereocenters. The summed E-state index contributed by atoms with van der Waals surface area (Å²) in [6, 6.07) is 2.71. The van der Waals surface area contributed by atoms with E-state index in [2.05, 4.69) is 83.1 Å². The third-order valence-electron chi connectivity index (χ3n) is 6.73. The first kappa shape index (κ1) is 34.4. The molecule has 0 bridgehead atoms. The van der Waals surface area contributed by atoms with Crippen molar-refractivity contribution in [2.75, 3.05) is 19.8 Å². The van der Waals surface area contributed by atoms with Crippen molar-refractivity contribution in [1.29, 1.82) is 0 Å². The Labute approximate surface area is 227 Å². The van der Waals surface area contributed by atoms with Crippen molar-refractivity contribution in [2.45, 2.75) is 138 Å². The van der Waals surface area contributed by atoms with E-state index in [-0.39, 0.29) is 17.2 Å². The summed E-state index contributed by atoms with van der Waals surface area (Å²) in [6.45, 7) is 28.5. The minimum Gasteiger partial charge on any atom is -0.412 e. The summed E-state index contributed by atoms with van der Waals surface area (Å²) in [7, 11) is -8.46. The van der Waals surface area contributed by atoms with E-state index in [0.29, 0.717) is 37.6 Å². The number of ether oxygens (including phenoxy) is 3. The van der Waals surface area contributed by atoms with Gasteiger partial charge in [-0.3, -0.25) is 0 Å². The van der Waals surface area contributed by atoms with Crippen LogP contribution in [0.3, 0.4) is 0 Å². The quantitative estimate of drug-likeness (QED) is 0.162. The second-order valence-electron chi connectivity index (χ2n) is 12.1. The maximum Gasteiger partial charge on any atom is 0.350 e. The van der Waals surface area contributed by atoms with Gasteiger partial charge in [-0.2, -0.15) is 0 Å². The van der Waals surface area contributed by atoms with Crippen LogP contribution in [0.25, 0.3) is 0 Å². The van der Waals surface area contributed by atoms with Crippen LogP contribution in [0.15, 0.2) is 0 Å². The molecule has 216 valence electrons. The van der Waals surface area contributed by atoms with Gasteiger partial charge in [0.05, 0.1) is 17.2 Å². The van der Waals surface area contributed by atoms with Crippen molar-refractivity contribution in [3.63, 3.8) is 0 Å². The van der Waals surface area contributed by atoms with Gasteiger partial charge in [-0.25, -0.2) is 0 Å². The summed E-state index contributed by atoms with van der Waals surface area (Å²) in [5.74, 6) is 1.37. The van der Waals surface area contributed by atoms with Gasteiger partial charge in [0.25, 0.3) is 0 Å². The van der Waals surface area contributed by atoms with Crippen LogP contribution in [0, 0.1) is 17.8 Å². The van der Waals surface area contributed by atoms with Gasteiger partial charge in [-0.05, 0) is 56.7 Å². The molecule has 0 saturated carbocycles. The zero-order valence-corrected chi connectivity index (χ0v) is 28.8. The van der Waals surface area contributed by atoms with Gasteiger partial charge in [0.15, 0.2) is 0 Å². The molecule has 0 aliphatic carbocycles. The monoisotopic (exact) mass is 564 g/mol. The summed E-state index contributed by atoms with van der Waals surface area (Å²) in [5, 5.41) is 0. The molecule has 1 heterocycles. The number of rotatable bonds is 18. The van der Waals surface area contributed by atoms with E-state index in [1.807, 2.05) is 0 Å². The van der Waals surface area contributed by atoms with E-state index in [0.717, 1.165) is 37.4 Å². The minimum atomic E-state index is -2.82. The molecule has 1 aliphatic rings. The van der Waals surface area contributed by atoms with Gasteiger partial charge < -0.3 is 26.6 Å². The smallest absolute Gasteiger partial charge is 0.350 e. The van der Waals surface area contributed by atoms with Crippen LogP contribution in [0.4, 0.5) is 0 Å². The summed E-state index contributed by atoms with van der Waals surface area (Å²) >= 11 is 0. The standard InChI is InChI=1S/C27H60O6Si3/c1-13-16-34(25(10)28-19-22(4)5)31-35(17-14-2,26(11)29-20-23(6)7)33-36(32-34,18-15-3)27(12)30-21-24(8)9/h22-27H,13-21H2,1-12H3. The average Bonchev–Trinajstić information content (AvgIpc) is 2.79. The highest BCUT2D eigenvalue weighted by Gasteiger charge is 2.67. The molecule has 1 rings (SSSR count). The Balaban J connectivity index is 3.66. The van der Waals surface area contributed by atoms with E-state index >= 15 is 0 Å². The van der Waals surface area contributed by atoms with Gasteiger partial charge >= 0.3 is 25.7 Å². The lowest BCUT2D eigenvalue weighted by molar-refractivity contribution is 0.0152. The largest absolute Gasteiger partial charge is 0.412 e. The lowest BCUT2D eigenvalue weighted by Crippen LogP contribution is -2.79. The van der Waals surface area contributed by atoms with Crippen molar-refractivity contribution in [2.24, 2.45) is 17.8 Å². The molecular weight excluding hydrogens is 505 g/mol. The molecule has 0 aromatic carbocycles. The van der Waals surface area contributed by atoms with Crippen LogP contribution in [0.5, 0.6) is 0 Å². The Bertz CT molecular complexity index is 517. The summed E-state index contributed by atoms with van der Waals surface area (Å²) in [4.78, 5) is 0. The van der Waals surface area contributed by atoms with Crippen LogP contribution in [-0.2, 0) is 26.6 Å². The van der Waals surface area contributed by atoms with Gasteiger partial charge in [-0.1, -0.05) is 81.6 Å². The van der Waals surface area contributed by atoms with Gasteiger partial charge in [0.1, 0.15) is 0 Å². The zero-order valence-electron chi connectivity index (χ0n) is 25.8. The number of hydrogen-bond acceptors (Lipinski definition) is 6. The fraction of sp³-hybridized carbons (Fsp3) is 1.00. The Hall–Kier alpha value is 0.411. The second-order valence-corrected chi connectivity index (χ2v) is 23.4. The molecule has 0 spiro atoms. The van der Waals surface area contributed by atoms with Gasteiger partial charge in [0.2, 0.25) is 0 Å². The highest BCUT2D eigenvalue weighted by molar-refractivity contribution is 6.95. The first-order valence-corrected chi connectivity index (χ1v) is 21.1. The normalized spacial score (nSPS) is 29.8. The second kappa shape index (κ2) is 15.9. The first-order valence-electron chi connectivity index (χ1n) is 14.8. The molecule has 3 atom stereocenters. The van der Waals surface area contributed by atoms with Crippen LogP contribution in [-0.4, -0.2) is 62.7 Å². The fourth-order valence-electron chi connectivity index (χ4n) is 4.79. The van der Waals surface area contributed by atoms with E-state index in [4.69, 9.17) is 26.6 Å². The van der Waals surface area contributed by atoms with Crippen molar-refractivity contribution in [3.05, 3.63) is 0 Å². The van der Waals surface area contributed by atoms with Crippen LogP contribution in [0.1, 0.15) is 102 Å². The van der Waals surface area contributed by atoms with Crippen LogP contribution >= 0.6 is 0 Å². The molecule has 36 heavy (non-hydrogen) atoms. The lowest BCUT2D eigenvalue weighted by Gasteiger charge is -2.57. The maximum atomic E-state index is 7.37. The van der Waals surface area contributed by atoms with E-state index in [9.17, 15) is 0 Å². The zero-order chi connectivity index (χ0) is 27.6. The topological polar surface area (TPSA) is 55.4 Å². The Morgan fingerprint density at radius 3 is 0.833 bits per heavy atom. The highest BCUT2D eigenvalue weighted by Crippen LogP contribution is 2.44. The molecule has 0 aromatic heterocycles. The Kier molecular flexibility index (Phi) is 15.2. The van der Waals surface area contributed by atoms with Crippen molar-refractivity contribution in [1.82, 2.24) is 0 Å². The molecule has 0 radical (unpaired) electrons. The van der Waals surface area contributed by atoms with Gasteiger partial charge in [0, 0.05) is 19.8 Å². The summed E-state index contributed by atoms with van der Waals surface area (Å²) in [5.41, 5.74) is -0.234. The molecule has 0 N–H and O–H groups in total. The molecule has 0 aromatic rings. The maximum absolute atomic E-state index is 7.37. The molecular formula is C27H60O6Si3. The highest BCUT2D eigenvalue weighted by atomic mass is 28.5. The van der Waals surface area contributed by atoms with E-state index < -0.39 is 25.7 Å². The van der Waals surface area contributed by atoms with Crippen LogP contribution < -0.4 is 0 Å². The Morgan fingerprint density at radius 1 is 0.444 bits per heavy atom. The Morgan fingerprint density at radius 2 is 0.667 bits per heavy atom. The van der Waals surface area contributed by atoms with Crippen molar-refractivity contribution in [3.8, 4) is 0 Å². The molecule has 6 nitrogen and oxygen atoms in total. The summed E-state index contributed by atoms with van der Waals surface area (Å²) in [6.07, 6.45) is 2.99. The van der Waals surface area contributed by atoms with E-state index in [1.165, 1.54) is 0 Å². The minimum absolute atomic E-state index is 0.0780. The molecule has 1 saturated heterocycles. The predicted octanol–water partition coefficient (Wildman–Crippen LogP) is 7.41. The fourth-order valence-corrected chi connectivity index (χ4v) is 24.2. The molecule has 9 heteroatoms. The molecule has 1 aliphatic heterocycles. The third-order valence-corrected chi connectivity index (χ3v) is 22.8. The van der Waals surface area contributed by atoms with E-state index in [1.54, 1.807) is 0 Å². The van der Waals surface area contributed by atoms with Crippen LogP contribution in [0.2, 0.25) is 18.1 Å². The molecule has 0 amide bonds. The lowest BCUT2D eigenvalue weighted by atomic mass is 10.2.